The van der Waals surface area contributed by atoms with Crippen molar-refractivity contribution in [2.45, 2.75) is 19.9 Å². The number of carboxylic acids is 1. The Morgan fingerprint density at radius 2 is 1.85 bits per heavy atom. The number of nitrogens with zero attached hydrogens (tertiary/aromatic N) is 1. The summed E-state index contributed by atoms with van der Waals surface area (Å²) in [5.41, 5.74) is 0.452. The van der Waals surface area contributed by atoms with Gasteiger partial charge in [0.1, 0.15) is 12.6 Å². The molecular formula is C14H18N2O4. The SMILES string of the molecule is CCN(CC(=O)O)C(=O)C(C)NC(=O)c1ccccc1. The molecule has 6 nitrogen and oxygen atoms in total. The standard InChI is InChI=1S/C14H18N2O4/c1-3-16(9-12(17)18)14(20)10(2)15-13(19)11-7-5-4-6-8-11/h4-8,10H,3,9H2,1-2H3,(H,15,19)(H,17,18). The van der Waals surface area contributed by atoms with Gasteiger partial charge in [0.15, 0.2) is 0 Å². The van der Waals surface area contributed by atoms with Crippen LogP contribution in [-0.2, 0) is 9.59 Å². The van der Waals surface area contributed by atoms with Gasteiger partial charge in [0, 0.05) is 12.1 Å². The lowest BCUT2D eigenvalue weighted by atomic mass is 10.2. The molecule has 1 unspecified atom stereocenters. The lowest BCUT2D eigenvalue weighted by Crippen LogP contribution is -2.48. The Bertz CT molecular complexity index is 487. The van der Waals surface area contributed by atoms with Crippen LogP contribution in [-0.4, -0.2) is 46.9 Å². The highest BCUT2D eigenvalue weighted by atomic mass is 16.4. The molecule has 6 heteroatoms. The second-order valence-corrected chi connectivity index (χ2v) is 4.31. The third-order valence-electron chi connectivity index (χ3n) is 2.77. The first-order valence-corrected chi connectivity index (χ1v) is 6.32. The van der Waals surface area contributed by atoms with E-state index in [0.717, 1.165) is 0 Å². The van der Waals surface area contributed by atoms with Crippen molar-refractivity contribution < 1.29 is 19.5 Å². The van der Waals surface area contributed by atoms with Gasteiger partial charge in [0.25, 0.3) is 5.91 Å². The highest BCUT2D eigenvalue weighted by Gasteiger charge is 2.22. The second kappa shape index (κ2) is 7.28. The van der Waals surface area contributed by atoms with Gasteiger partial charge < -0.3 is 15.3 Å². The highest BCUT2D eigenvalue weighted by molar-refractivity contribution is 5.97. The molecule has 1 rings (SSSR count). The van der Waals surface area contributed by atoms with E-state index in [-0.39, 0.29) is 19.0 Å². The van der Waals surface area contributed by atoms with Crippen molar-refractivity contribution in [3.63, 3.8) is 0 Å². The molecule has 0 aromatic heterocycles. The van der Waals surface area contributed by atoms with Crippen molar-refractivity contribution in [3.05, 3.63) is 35.9 Å². The van der Waals surface area contributed by atoms with E-state index in [0.29, 0.717) is 5.56 Å². The molecule has 1 atom stereocenters. The quantitative estimate of drug-likeness (QED) is 0.803. The number of carboxylic acid groups (broad SMARTS) is 1. The summed E-state index contributed by atoms with van der Waals surface area (Å²) < 4.78 is 0. The molecule has 0 fully saturated rings. The van der Waals surface area contributed by atoms with Crippen LogP contribution in [0, 0.1) is 0 Å². The van der Waals surface area contributed by atoms with Crippen LogP contribution in [0.2, 0.25) is 0 Å². The lowest BCUT2D eigenvalue weighted by Gasteiger charge is -2.23. The van der Waals surface area contributed by atoms with Crippen molar-refractivity contribution in [3.8, 4) is 0 Å². The van der Waals surface area contributed by atoms with Crippen LogP contribution in [0.3, 0.4) is 0 Å². The normalized spacial score (nSPS) is 11.5. The molecule has 0 saturated carbocycles. The van der Waals surface area contributed by atoms with E-state index in [1.54, 1.807) is 37.3 Å². The van der Waals surface area contributed by atoms with Crippen LogP contribution in [0.15, 0.2) is 30.3 Å². The smallest absolute Gasteiger partial charge is 0.323 e. The average molecular weight is 278 g/mol. The molecule has 0 saturated heterocycles. The molecule has 0 radical (unpaired) electrons. The Balaban J connectivity index is 2.65. The monoisotopic (exact) mass is 278 g/mol. The lowest BCUT2D eigenvalue weighted by molar-refractivity contribution is -0.144. The zero-order valence-electron chi connectivity index (χ0n) is 11.5. The first kappa shape index (κ1) is 15.7. The molecule has 108 valence electrons. The van der Waals surface area contributed by atoms with Crippen molar-refractivity contribution in [1.82, 2.24) is 10.2 Å². The first-order valence-electron chi connectivity index (χ1n) is 6.32. The Kier molecular flexibility index (Phi) is 5.71. The number of benzene rings is 1. The van der Waals surface area contributed by atoms with Crippen LogP contribution < -0.4 is 5.32 Å². The number of aliphatic carboxylic acids is 1. The van der Waals surface area contributed by atoms with Crippen LogP contribution in [0.4, 0.5) is 0 Å². The van der Waals surface area contributed by atoms with Crippen molar-refractivity contribution in [2.75, 3.05) is 13.1 Å². The van der Waals surface area contributed by atoms with E-state index in [1.807, 2.05) is 0 Å². The molecule has 20 heavy (non-hydrogen) atoms. The van der Waals surface area contributed by atoms with Gasteiger partial charge in [0.05, 0.1) is 0 Å². The molecule has 0 aliphatic heterocycles. The summed E-state index contributed by atoms with van der Waals surface area (Å²) >= 11 is 0. The molecular weight excluding hydrogens is 260 g/mol. The summed E-state index contributed by atoms with van der Waals surface area (Å²) in [4.78, 5) is 35.8. The summed E-state index contributed by atoms with van der Waals surface area (Å²) in [7, 11) is 0. The van der Waals surface area contributed by atoms with Crippen molar-refractivity contribution >= 4 is 17.8 Å². The van der Waals surface area contributed by atoms with Crippen LogP contribution in [0.1, 0.15) is 24.2 Å². The molecule has 0 aliphatic rings. The zero-order chi connectivity index (χ0) is 15.1. The second-order valence-electron chi connectivity index (χ2n) is 4.31. The third kappa shape index (κ3) is 4.38. The van der Waals surface area contributed by atoms with Gasteiger partial charge in [-0.3, -0.25) is 14.4 Å². The predicted octanol–water partition coefficient (Wildman–Crippen LogP) is 0.738. The van der Waals surface area contributed by atoms with Crippen LogP contribution >= 0.6 is 0 Å². The van der Waals surface area contributed by atoms with E-state index in [9.17, 15) is 14.4 Å². The molecule has 0 bridgehead atoms. The van der Waals surface area contributed by atoms with Gasteiger partial charge in [-0.1, -0.05) is 18.2 Å². The largest absolute Gasteiger partial charge is 0.480 e. The van der Waals surface area contributed by atoms with E-state index >= 15 is 0 Å². The first-order chi connectivity index (χ1) is 9.45. The number of hydrogen-bond donors (Lipinski definition) is 2. The summed E-state index contributed by atoms with van der Waals surface area (Å²) in [6, 6.07) is 7.75. The van der Waals surface area contributed by atoms with E-state index in [4.69, 9.17) is 5.11 Å². The maximum Gasteiger partial charge on any atom is 0.323 e. The molecule has 1 aromatic carbocycles. The maximum absolute atomic E-state index is 12.0. The summed E-state index contributed by atoms with van der Waals surface area (Å²) in [6.07, 6.45) is 0. The third-order valence-corrected chi connectivity index (χ3v) is 2.77. The van der Waals surface area contributed by atoms with E-state index < -0.39 is 17.9 Å². The summed E-state index contributed by atoms with van der Waals surface area (Å²) in [5.74, 6) is -1.86. The van der Waals surface area contributed by atoms with Crippen molar-refractivity contribution in [2.24, 2.45) is 0 Å². The fourth-order valence-electron chi connectivity index (χ4n) is 1.71. The predicted molar refractivity (Wildman–Crippen MR) is 73.3 cm³/mol. The molecule has 0 spiro atoms. The molecule has 0 aliphatic carbocycles. The Morgan fingerprint density at radius 3 is 2.35 bits per heavy atom. The topological polar surface area (TPSA) is 86.7 Å². The number of hydrogen-bond acceptors (Lipinski definition) is 3. The van der Waals surface area contributed by atoms with Gasteiger partial charge in [-0.05, 0) is 26.0 Å². The number of rotatable bonds is 6. The van der Waals surface area contributed by atoms with Gasteiger partial charge in [-0.2, -0.15) is 0 Å². The van der Waals surface area contributed by atoms with Gasteiger partial charge in [-0.25, -0.2) is 0 Å². The summed E-state index contributed by atoms with van der Waals surface area (Å²) in [5, 5.41) is 11.3. The summed E-state index contributed by atoms with van der Waals surface area (Å²) in [6.45, 7) is 3.12. The minimum absolute atomic E-state index is 0.274. The Hall–Kier alpha value is -2.37. The molecule has 1 aromatic rings. The van der Waals surface area contributed by atoms with E-state index in [2.05, 4.69) is 5.32 Å². The fraction of sp³-hybridized carbons (Fsp3) is 0.357. The maximum atomic E-state index is 12.0. The average Bonchev–Trinajstić information content (AvgIpc) is 2.44. The van der Waals surface area contributed by atoms with Gasteiger partial charge in [-0.15, -0.1) is 0 Å². The number of likely N-dealkylation sites (N-methyl/N-ethyl adjacent to an activating group) is 1. The minimum atomic E-state index is -1.08. The fourth-order valence-corrected chi connectivity index (χ4v) is 1.71. The van der Waals surface area contributed by atoms with Gasteiger partial charge in [0.2, 0.25) is 5.91 Å². The van der Waals surface area contributed by atoms with Crippen molar-refractivity contribution in [1.29, 1.82) is 0 Å². The Labute approximate surface area is 117 Å². The number of amides is 2. The minimum Gasteiger partial charge on any atom is -0.480 e. The number of carbonyl (C=O) groups excluding carboxylic acids is 2. The zero-order valence-corrected chi connectivity index (χ0v) is 11.5. The molecule has 2 N–H and O–H groups in total. The van der Waals surface area contributed by atoms with Gasteiger partial charge >= 0.3 is 5.97 Å². The number of nitrogens with one attached hydrogen (secondary N) is 1. The molecule has 2 amide bonds. The Morgan fingerprint density at radius 1 is 1.25 bits per heavy atom. The van der Waals surface area contributed by atoms with E-state index in [1.165, 1.54) is 11.8 Å². The molecule has 0 heterocycles. The van der Waals surface area contributed by atoms with Crippen LogP contribution in [0.5, 0.6) is 0 Å². The highest BCUT2D eigenvalue weighted by Crippen LogP contribution is 2.01. The van der Waals surface area contributed by atoms with Crippen LogP contribution in [0.25, 0.3) is 0 Å². The number of carbonyl (C=O) groups is 3.